The molecule has 2 heterocycles. The van der Waals surface area contributed by atoms with E-state index in [0.717, 1.165) is 0 Å². The van der Waals surface area contributed by atoms with Crippen LogP contribution < -0.4 is 20.3 Å². The van der Waals surface area contributed by atoms with Crippen molar-refractivity contribution in [1.29, 1.82) is 0 Å². The third kappa shape index (κ3) is 2.13. The minimum absolute atomic E-state index is 0.0231. The number of carbonyl (C=O) groups is 2. The first-order chi connectivity index (χ1) is 9.41. The van der Waals surface area contributed by atoms with Crippen molar-refractivity contribution in [2.75, 3.05) is 30.9 Å². The fourth-order valence-corrected chi connectivity index (χ4v) is 2.05. The summed E-state index contributed by atoms with van der Waals surface area (Å²) in [5.74, 6) is 0.541. The van der Waals surface area contributed by atoms with Crippen LogP contribution in [0.5, 0.6) is 5.75 Å². The Labute approximate surface area is 116 Å². The van der Waals surface area contributed by atoms with E-state index in [1.807, 2.05) is 0 Å². The first-order valence-electron chi connectivity index (χ1n) is 6.10. The van der Waals surface area contributed by atoms with E-state index < -0.39 is 5.54 Å². The molecule has 8 heteroatoms. The number of nitrogens with one attached hydrogen (secondary N) is 2. The van der Waals surface area contributed by atoms with Crippen molar-refractivity contribution in [2.45, 2.75) is 19.4 Å². The van der Waals surface area contributed by atoms with Crippen molar-refractivity contribution >= 4 is 23.5 Å². The zero-order valence-electron chi connectivity index (χ0n) is 11.9. The van der Waals surface area contributed by atoms with E-state index in [0.29, 0.717) is 17.4 Å². The number of carbonyl (C=O) groups excluding carboxylic acids is 2. The molecule has 8 nitrogen and oxygen atoms in total. The Morgan fingerprint density at radius 1 is 1.40 bits per heavy atom. The lowest BCUT2D eigenvalue weighted by molar-refractivity contribution is -0.135. The number of imide groups is 1. The molecule has 0 saturated carbocycles. The zero-order valence-corrected chi connectivity index (χ0v) is 11.9. The maximum absolute atomic E-state index is 12.0. The summed E-state index contributed by atoms with van der Waals surface area (Å²) in [5.41, 5.74) is -0.916. The van der Waals surface area contributed by atoms with Gasteiger partial charge in [-0.05, 0) is 13.8 Å². The van der Waals surface area contributed by atoms with Gasteiger partial charge in [0.05, 0.1) is 13.7 Å². The molecule has 2 N–H and O–H groups in total. The maximum atomic E-state index is 12.0. The van der Waals surface area contributed by atoms with Gasteiger partial charge in [0.1, 0.15) is 11.9 Å². The average molecular weight is 279 g/mol. The van der Waals surface area contributed by atoms with Gasteiger partial charge in [0.2, 0.25) is 11.7 Å². The van der Waals surface area contributed by atoms with Crippen LogP contribution in [0.1, 0.15) is 13.8 Å². The molecule has 1 aromatic rings. The van der Waals surface area contributed by atoms with Crippen LogP contribution in [0.2, 0.25) is 0 Å². The van der Waals surface area contributed by atoms with Gasteiger partial charge in [0.15, 0.2) is 11.6 Å². The van der Waals surface area contributed by atoms with E-state index in [9.17, 15) is 9.59 Å². The van der Waals surface area contributed by atoms with Crippen LogP contribution in [0.15, 0.2) is 6.33 Å². The number of amides is 2. The van der Waals surface area contributed by atoms with Gasteiger partial charge in [-0.1, -0.05) is 0 Å². The Kier molecular flexibility index (Phi) is 3.47. The summed E-state index contributed by atoms with van der Waals surface area (Å²) in [5, 5.41) is 5.20. The molecule has 0 aromatic carbocycles. The van der Waals surface area contributed by atoms with Gasteiger partial charge in [0, 0.05) is 7.05 Å². The van der Waals surface area contributed by atoms with Gasteiger partial charge in [-0.25, -0.2) is 9.97 Å². The van der Waals surface area contributed by atoms with Crippen LogP contribution in [0, 0.1) is 0 Å². The van der Waals surface area contributed by atoms with Crippen LogP contribution in [0.4, 0.5) is 11.6 Å². The van der Waals surface area contributed by atoms with Gasteiger partial charge in [0.25, 0.3) is 5.91 Å². The monoisotopic (exact) mass is 279 g/mol. The van der Waals surface area contributed by atoms with Crippen molar-refractivity contribution in [3.8, 4) is 5.75 Å². The Morgan fingerprint density at radius 3 is 2.70 bits per heavy atom. The molecule has 20 heavy (non-hydrogen) atoms. The number of hydrogen-bond acceptors (Lipinski definition) is 7. The van der Waals surface area contributed by atoms with Crippen LogP contribution in [0.3, 0.4) is 0 Å². The summed E-state index contributed by atoms with van der Waals surface area (Å²) in [7, 11) is 3.19. The van der Waals surface area contributed by atoms with Gasteiger partial charge < -0.3 is 15.0 Å². The number of hydrogen-bond donors (Lipinski definition) is 2. The molecular weight excluding hydrogens is 262 g/mol. The molecule has 0 radical (unpaired) electrons. The minimum Gasteiger partial charge on any atom is -0.490 e. The Hall–Kier alpha value is -2.38. The highest BCUT2D eigenvalue weighted by molar-refractivity contribution is 6.06. The van der Waals surface area contributed by atoms with Crippen molar-refractivity contribution in [1.82, 2.24) is 15.3 Å². The number of rotatable bonds is 3. The molecule has 1 saturated heterocycles. The quantitative estimate of drug-likeness (QED) is 0.738. The summed E-state index contributed by atoms with van der Waals surface area (Å²) in [6.07, 6.45) is 1.36. The summed E-state index contributed by atoms with van der Waals surface area (Å²) in [6.45, 7) is 3.46. The van der Waals surface area contributed by atoms with Crippen LogP contribution in [0.25, 0.3) is 0 Å². The standard InChI is InChI=1S/C12H17N5O3/c1-12(2)11(19)16-7(18)5-17(12)10-8(20-4)9(13-3)14-6-15-10/h6H,5H2,1-4H3,(H,13,14,15)(H,16,18,19). The minimum atomic E-state index is -0.916. The topological polar surface area (TPSA) is 96.5 Å². The fraction of sp³-hybridized carbons (Fsp3) is 0.500. The molecule has 1 aliphatic heterocycles. The third-order valence-electron chi connectivity index (χ3n) is 3.27. The van der Waals surface area contributed by atoms with Gasteiger partial charge in [-0.3, -0.25) is 14.9 Å². The van der Waals surface area contributed by atoms with Crippen LogP contribution >= 0.6 is 0 Å². The van der Waals surface area contributed by atoms with Crippen LogP contribution in [-0.4, -0.2) is 48.0 Å². The second kappa shape index (κ2) is 4.95. The van der Waals surface area contributed by atoms with Crippen molar-refractivity contribution in [2.24, 2.45) is 0 Å². The highest BCUT2D eigenvalue weighted by atomic mass is 16.5. The molecule has 0 unspecified atom stereocenters. The summed E-state index contributed by atoms with van der Waals surface area (Å²) in [4.78, 5) is 33.4. The van der Waals surface area contributed by atoms with Crippen molar-refractivity contribution in [3.05, 3.63) is 6.33 Å². The largest absolute Gasteiger partial charge is 0.490 e. The summed E-state index contributed by atoms with van der Waals surface area (Å²) < 4.78 is 5.31. The summed E-state index contributed by atoms with van der Waals surface area (Å²) in [6, 6.07) is 0. The first-order valence-corrected chi connectivity index (χ1v) is 6.10. The maximum Gasteiger partial charge on any atom is 0.251 e. The molecule has 2 amide bonds. The number of piperazine rings is 1. The molecule has 1 fully saturated rings. The van der Waals surface area contributed by atoms with Gasteiger partial charge in [-0.15, -0.1) is 0 Å². The predicted octanol–water partition coefficient (Wildman–Crippen LogP) is -0.232. The zero-order chi connectivity index (χ0) is 14.9. The predicted molar refractivity (Wildman–Crippen MR) is 72.7 cm³/mol. The van der Waals surface area contributed by atoms with E-state index in [2.05, 4.69) is 20.6 Å². The Bertz CT molecular complexity index is 558. The number of anilines is 2. The van der Waals surface area contributed by atoms with Crippen molar-refractivity contribution in [3.63, 3.8) is 0 Å². The smallest absolute Gasteiger partial charge is 0.251 e. The van der Waals surface area contributed by atoms with Gasteiger partial charge in [-0.2, -0.15) is 0 Å². The third-order valence-corrected chi connectivity index (χ3v) is 3.27. The fourth-order valence-electron chi connectivity index (χ4n) is 2.05. The molecule has 2 rings (SSSR count). The Morgan fingerprint density at radius 2 is 2.10 bits per heavy atom. The SMILES string of the molecule is CNc1ncnc(N2CC(=O)NC(=O)C2(C)C)c1OC. The molecule has 0 spiro atoms. The number of methoxy groups -OCH3 is 1. The first kappa shape index (κ1) is 14.0. The Balaban J connectivity index is 2.54. The average Bonchev–Trinajstić information content (AvgIpc) is 2.42. The lowest BCUT2D eigenvalue weighted by atomic mass is 9.98. The van der Waals surface area contributed by atoms with E-state index in [-0.39, 0.29) is 18.4 Å². The molecule has 1 aliphatic rings. The number of nitrogens with zero attached hydrogens (tertiary/aromatic N) is 3. The highest BCUT2D eigenvalue weighted by Crippen LogP contribution is 2.36. The number of aromatic nitrogens is 2. The molecule has 108 valence electrons. The lowest BCUT2D eigenvalue weighted by Gasteiger charge is -2.41. The molecule has 0 aliphatic carbocycles. The molecular formula is C12H17N5O3. The van der Waals surface area contributed by atoms with Crippen molar-refractivity contribution < 1.29 is 14.3 Å². The molecule has 1 aromatic heterocycles. The van der Waals surface area contributed by atoms with Crippen LogP contribution in [-0.2, 0) is 9.59 Å². The normalized spacial score (nSPS) is 17.7. The second-order valence-corrected chi connectivity index (χ2v) is 4.85. The van der Waals surface area contributed by atoms with E-state index >= 15 is 0 Å². The second-order valence-electron chi connectivity index (χ2n) is 4.85. The highest BCUT2D eigenvalue weighted by Gasteiger charge is 2.43. The van der Waals surface area contributed by atoms with E-state index in [4.69, 9.17) is 4.74 Å². The van der Waals surface area contributed by atoms with E-state index in [1.54, 1.807) is 25.8 Å². The number of ether oxygens (including phenoxy) is 1. The van der Waals surface area contributed by atoms with E-state index in [1.165, 1.54) is 13.4 Å². The molecule has 0 bridgehead atoms. The van der Waals surface area contributed by atoms with Gasteiger partial charge >= 0.3 is 0 Å². The summed E-state index contributed by atoms with van der Waals surface area (Å²) >= 11 is 0. The lowest BCUT2D eigenvalue weighted by Crippen LogP contribution is -2.64. The molecule has 0 atom stereocenters.